The lowest BCUT2D eigenvalue weighted by Crippen LogP contribution is -2.33. The van der Waals surface area contributed by atoms with Gasteiger partial charge in [0.05, 0.1) is 0 Å². The van der Waals surface area contributed by atoms with Crippen LogP contribution in [0.25, 0.3) is 0 Å². The molecule has 1 heterocycles. The van der Waals surface area contributed by atoms with E-state index < -0.39 is 0 Å². The first-order valence-corrected chi connectivity index (χ1v) is 10.1. The smallest absolute Gasteiger partial charge is 0.255 e. The minimum atomic E-state index is -0.0589. The van der Waals surface area contributed by atoms with E-state index in [-0.39, 0.29) is 5.91 Å². The topological polar surface area (TPSA) is 32.3 Å². The van der Waals surface area contributed by atoms with Crippen molar-refractivity contribution >= 4 is 23.4 Å². The number of rotatable bonds is 5. The van der Waals surface area contributed by atoms with Crippen LogP contribution >= 0.6 is 11.8 Å². The van der Waals surface area contributed by atoms with Crippen LogP contribution in [0.1, 0.15) is 35.7 Å². The summed E-state index contributed by atoms with van der Waals surface area (Å²) >= 11 is 1.67. The molecule has 0 aromatic heterocycles. The number of thioether (sulfide) groups is 1. The van der Waals surface area contributed by atoms with Crippen LogP contribution in [-0.2, 0) is 6.54 Å². The Morgan fingerprint density at radius 2 is 2.04 bits per heavy atom. The average Bonchev–Trinajstić information content (AvgIpc) is 2.62. The van der Waals surface area contributed by atoms with Gasteiger partial charge >= 0.3 is 0 Å². The van der Waals surface area contributed by atoms with Crippen molar-refractivity contribution < 1.29 is 4.79 Å². The number of carbonyl (C=O) groups excluding carboxylic acids is 1. The largest absolute Gasteiger partial charge is 0.322 e. The van der Waals surface area contributed by atoms with E-state index in [0.29, 0.717) is 5.56 Å². The van der Waals surface area contributed by atoms with E-state index in [2.05, 4.69) is 29.3 Å². The highest BCUT2D eigenvalue weighted by molar-refractivity contribution is 7.98. The molecule has 25 heavy (non-hydrogen) atoms. The Bertz CT molecular complexity index is 714. The van der Waals surface area contributed by atoms with E-state index in [9.17, 15) is 4.79 Å². The van der Waals surface area contributed by atoms with Crippen LogP contribution in [-0.4, -0.2) is 30.2 Å². The molecule has 0 radical (unpaired) electrons. The molecule has 0 aliphatic carbocycles. The van der Waals surface area contributed by atoms with Crippen LogP contribution in [0.15, 0.2) is 53.4 Å². The molecule has 1 amide bonds. The first-order valence-electron chi connectivity index (χ1n) is 8.91. The quantitative estimate of drug-likeness (QED) is 0.776. The molecular weight excluding hydrogens is 328 g/mol. The third-order valence-electron chi connectivity index (χ3n) is 4.69. The van der Waals surface area contributed by atoms with Gasteiger partial charge in [0.2, 0.25) is 0 Å². The minimum Gasteiger partial charge on any atom is -0.322 e. The molecule has 1 saturated heterocycles. The summed E-state index contributed by atoms with van der Waals surface area (Å²) in [5.41, 5.74) is 2.81. The van der Waals surface area contributed by atoms with Gasteiger partial charge in [-0.25, -0.2) is 0 Å². The maximum atomic E-state index is 12.4. The van der Waals surface area contributed by atoms with Crippen molar-refractivity contribution in [2.45, 2.75) is 31.2 Å². The maximum Gasteiger partial charge on any atom is 0.255 e. The summed E-state index contributed by atoms with van der Waals surface area (Å²) in [7, 11) is 0. The summed E-state index contributed by atoms with van der Waals surface area (Å²) in [6.45, 7) is 5.65. The summed E-state index contributed by atoms with van der Waals surface area (Å²) in [5, 5.41) is 2.98. The second-order valence-corrected chi connectivity index (χ2v) is 7.75. The average molecular weight is 355 g/mol. The van der Waals surface area contributed by atoms with Crippen LogP contribution in [0.5, 0.6) is 0 Å². The molecule has 2 aromatic rings. The highest BCUT2D eigenvalue weighted by Crippen LogP contribution is 2.20. The lowest BCUT2D eigenvalue weighted by molar-refractivity contribution is 0.102. The molecule has 0 spiro atoms. The molecule has 132 valence electrons. The Balaban J connectivity index is 1.60. The molecule has 3 rings (SSSR count). The zero-order chi connectivity index (χ0) is 17.6. The van der Waals surface area contributed by atoms with E-state index in [0.717, 1.165) is 23.0 Å². The molecule has 1 atom stereocenters. The monoisotopic (exact) mass is 354 g/mol. The first-order chi connectivity index (χ1) is 12.1. The van der Waals surface area contributed by atoms with Gasteiger partial charge in [-0.15, -0.1) is 11.8 Å². The number of likely N-dealkylation sites (tertiary alicyclic amines) is 1. The van der Waals surface area contributed by atoms with Gasteiger partial charge in [-0.2, -0.15) is 0 Å². The van der Waals surface area contributed by atoms with Crippen LogP contribution in [0.2, 0.25) is 0 Å². The van der Waals surface area contributed by atoms with E-state index in [1.807, 2.05) is 42.7 Å². The zero-order valence-electron chi connectivity index (χ0n) is 15.0. The molecular formula is C21H26N2OS. The van der Waals surface area contributed by atoms with E-state index >= 15 is 0 Å². The molecule has 1 aliphatic rings. The lowest BCUT2D eigenvalue weighted by Gasteiger charge is -2.30. The normalized spacial score (nSPS) is 18.1. The second-order valence-electron chi connectivity index (χ2n) is 6.87. The number of hydrogen-bond acceptors (Lipinski definition) is 3. The van der Waals surface area contributed by atoms with Gasteiger partial charge in [0, 0.05) is 29.2 Å². The number of carbonyl (C=O) groups is 1. The predicted octanol–water partition coefficient (Wildman–Crippen LogP) is 4.89. The predicted molar refractivity (Wildman–Crippen MR) is 106 cm³/mol. The molecule has 1 N–H and O–H groups in total. The number of piperidine rings is 1. The van der Waals surface area contributed by atoms with Crippen molar-refractivity contribution in [1.82, 2.24) is 4.90 Å². The fourth-order valence-electron chi connectivity index (χ4n) is 3.35. The van der Waals surface area contributed by atoms with Crippen LogP contribution in [0, 0.1) is 5.92 Å². The molecule has 1 aliphatic heterocycles. The van der Waals surface area contributed by atoms with Crippen molar-refractivity contribution in [2.24, 2.45) is 5.92 Å². The highest BCUT2D eigenvalue weighted by atomic mass is 32.2. The van der Waals surface area contributed by atoms with E-state index in [1.165, 1.54) is 31.5 Å². The summed E-state index contributed by atoms with van der Waals surface area (Å²) in [6.07, 6.45) is 4.66. The highest BCUT2D eigenvalue weighted by Gasteiger charge is 2.16. The van der Waals surface area contributed by atoms with Crippen molar-refractivity contribution in [1.29, 1.82) is 0 Å². The molecule has 0 bridgehead atoms. The van der Waals surface area contributed by atoms with Crippen LogP contribution in [0.3, 0.4) is 0 Å². The molecule has 2 aromatic carbocycles. The van der Waals surface area contributed by atoms with Crippen molar-refractivity contribution in [3.05, 3.63) is 59.7 Å². The number of amides is 1. The maximum absolute atomic E-state index is 12.4. The lowest BCUT2D eigenvalue weighted by atomic mass is 9.99. The molecule has 1 fully saturated rings. The third-order valence-corrected chi connectivity index (χ3v) is 5.42. The van der Waals surface area contributed by atoms with Crippen LogP contribution < -0.4 is 5.32 Å². The van der Waals surface area contributed by atoms with Crippen molar-refractivity contribution in [3.63, 3.8) is 0 Å². The van der Waals surface area contributed by atoms with Crippen LogP contribution in [0.4, 0.5) is 5.69 Å². The minimum absolute atomic E-state index is 0.0589. The Labute approximate surface area is 154 Å². The van der Waals surface area contributed by atoms with E-state index in [4.69, 9.17) is 0 Å². The van der Waals surface area contributed by atoms with Gasteiger partial charge in [0.1, 0.15) is 0 Å². The number of anilines is 1. The van der Waals surface area contributed by atoms with Gasteiger partial charge < -0.3 is 5.32 Å². The molecule has 4 heteroatoms. The second kappa shape index (κ2) is 8.54. The number of nitrogens with one attached hydrogen (secondary N) is 1. The van der Waals surface area contributed by atoms with Crippen molar-refractivity contribution in [3.8, 4) is 0 Å². The fourth-order valence-corrected chi connectivity index (χ4v) is 3.81. The number of hydrogen-bond donors (Lipinski definition) is 1. The Morgan fingerprint density at radius 1 is 1.24 bits per heavy atom. The summed E-state index contributed by atoms with van der Waals surface area (Å²) in [6, 6.07) is 15.9. The zero-order valence-corrected chi connectivity index (χ0v) is 15.8. The Morgan fingerprint density at radius 3 is 2.76 bits per heavy atom. The van der Waals surface area contributed by atoms with Gasteiger partial charge in [0.25, 0.3) is 5.91 Å². The SMILES string of the molecule is CSc1cccc(NC(=O)c2ccc(CN3CCCC(C)C3)cc2)c1. The summed E-state index contributed by atoms with van der Waals surface area (Å²) in [4.78, 5) is 16.1. The van der Waals surface area contributed by atoms with Gasteiger partial charge in [0.15, 0.2) is 0 Å². The fraction of sp³-hybridized carbons (Fsp3) is 0.381. The molecule has 1 unspecified atom stereocenters. The molecule has 3 nitrogen and oxygen atoms in total. The van der Waals surface area contributed by atoms with Crippen molar-refractivity contribution in [2.75, 3.05) is 24.7 Å². The third kappa shape index (κ3) is 5.10. The Kier molecular flexibility index (Phi) is 6.16. The van der Waals surface area contributed by atoms with Gasteiger partial charge in [-0.3, -0.25) is 9.69 Å². The number of nitrogens with zero attached hydrogens (tertiary/aromatic N) is 1. The summed E-state index contributed by atoms with van der Waals surface area (Å²) < 4.78 is 0. The number of benzene rings is 2. The first kappa shape index (κ1) is 18.0. The van der Waals surface area contributed by atoms with Gasteiger partial charge in [-0.1, -0.05) is 25.1 Å². The molecule has 0 saturated carbocycles. The summed E-state index contributed by atoms with van der Waals surface area (Å²) in [5.74, 6) is 0.729. The Hall–Kier alpha value is -1.78. The van der Waals surface area contributed by atoms with Gasteiger partial charge in [-0.05, 0) is 67.5 Å². The van der Waals surface area contributed by atoms with E-state index in [1.54, 1.807) is 11.8 Å². The standard InChI is InChI=1S/C21H26N2OS/c1-16-5-4-12-23(14-16)15-17-8-10-18(11-9-17)21(24)22-19-6-3-7-20(13-19)25-2/h3,6-11,13,16H,4-5,12,14-15H2,1-2H3,(H,22,24).